The van der Waals surface area contributed by atoms with Gasteiger partial charge in [-0.1, -0.05) is 30.3 Å². The third-order valence-electron chi connectivity index (χ3n) is 4.45. The first-order valence-corrected chi connectivity index (χ1v) is 8.72. The SMILES string of the molecule is Cn1c(=O)n(CC(=O)Nc2nn(-c3ccccc3)nc2C(N)=O)c2ccccc21. The number of nitrogens with zero attached hydrogens (tertiary/aromatic N) is 5. The fourth-order valence-corrected chi connectivity index (χ4v) is 3.06. The van der Waals surface area contributed by atoms with E-state index in [1.54, 1.807) is 49.5 Å². The van der Waals surface area contributed by atoms with E-state index in [1.165, 1.54) is 13.9 Å². The Hall–Kier alpha value is -4.21. The highest BCUT2D eigenvalue weighted by Gasteiger charge is 2.20. The van der Waals surface area contributed by atoms with E-state index < -0.39 is 11.8 Å². The van der Waals surface area contributed by atoms with E-state index in [9.17, 15) is 14.4 Å². The molecule has 0 fully saturated rings. The lowest BCUT2D eigenvalue weighted by Crippen LogP contribution is -2.29. The second-order valence-corrected chi connectivity index (χ2v) is 6.35. The molecule has 2 heterocycles. The average molecular weight is 391 g/mol. The molecule has 3 N–H and O–H groups in total. The van der Waals surface area contributed by atoms with Crippen LogP contribution in [0.1, 0.15) is 10.5 Å². The van der Waals surface area contributed by atoms with Crippen molar-refractivity contribution in [2.75, 3.05) is 5.32 Å². The van der Waals surface area contributed by atoms with Crippen molar-refractivity contribution in [2.45, 2.75) is 6.54 Å². The number of nitrogens with one attached hydrogen (secondary N) is 1. The van der Waals surface area contributed by atoms with Crippen LogP contribution in [-0.4, -0.2) is 35.9 Å². The van der Waals surface area contributed by atoms with Gasteiger partial charge in [0.05, 0.1) is 16.7 Å². The van der Waals surface area contributed by atoms with E-state index in [4.69, 9.17) is 5.73 Å². The summed E-state index contributed by atoms with van der Waals surface area (Å²) in [5.74, 6) is -1.43. The molecule has 2 aromatic heterocycles. The number of aromatic nitrogens is 5. The van der Waals surface area contributed by atoms with Crippen molar-refractivity contribution in [3.63, 3.8) is 0 Å². The number of carbonyl (C=O) groups excluding carboxylic acids is 2. The number of hydrogen-bond donors (Lipinski definition) is 2. The molecular weight excluding hydrogens is 374 g/mol. The lowest BCUT2D eigenvalue weighted by atomic mass is 10.3. The molecule has 0 aliphatic carbocycles. The van der Waals surface area contributed by atoms with Crippen LogP contribution in [0, 0.1) is 0 Å². The molecule has 0 atom stereocenters. The van der Waals surface area contributed by atoms with Crippen LogP contribution < -0.4 is 16.7 Å². The van der Waals surface area contributed by atoms with Gasteiger partial charge in [-0.05, 0) is 24.3 Å². The molecule has 0 unspecified atom stereocenters. The van der Waals surface area contributed by atoms with Crippen molar-refractivity contribution in [2.24, 2.45) is 12.8 Å². The highest BCUT2D eigenvalue weighted by molar-refractivity contribution is 6.00. The number of imidazole rings is 1. The minimum absolute atomic E-state index is 0.0698. The molecule has 0 saturated heterocycles. The van der Waals surface area contributed by atoms with E-state index in [2.05, 4.69) is 15.5 Å². The van der Waals surface area contributed by atoms with Crippen molar-refractivity contribution in [1.29, 1.82) is 0 Å². The van der Waals surface area contributed by atoms with Crippen LogP contribution in [0.4, 0.5) is 5.82 Å². The summed E-state index contributed by atoms with van der Waals surface area (Å²) in [6, 6.07) is 16.0. The van der Waals surface area contributed by atoms with Gasteiger partial charge in [-0.3, -0.25) is 18.7 Å². The highest BCUT2D eigenvalue weighted by atomic mass is 16.2. The molecule has 4 aromatic rings. The van der Waals surface area contributed by atoms with Crippen molar-refractivity contribution < 1.29 is 9.59 Å². The quantitative estimate of drug-likeness (QED) is 0.516. The molecule has 0 spiro atoms. The number of primary amides is 1. The zero-order valence-electron chi connectivity index (χ0n) is 15.4. The van der Waals surface area contributed by atoms with Crippen LogP contribution in [0.15, 0.2) is 59.4 Å². The van der Waals surface area contributed by atoms with Gasteiger partial charge >= 0.3 is 5.69 Å². The molecule has 10 heteroatoms. The number of benzene rings is 2. The molecular formula is C19H17N7O3. The number of hydrogen-bond acceptors (Lipinski definition) is 5. The zero-order valence-corrected chi connectivity index (χ0v) is 15.4. The number of fused-ring (bicyclic) bond motifs is 1. The lowest BCUT2D eigenvalue weighted by molar-refractivity contribution is -0.116. The van der Waals surface area contributed by atoms with Crippen molar-refractivity contribution in [1.82, 2.24) is 24.1 Å². The van der Waals surface area contributed by atoms with Crippen LogP contribution in [-0.2, 0) is 18.4 Å². The molecule has 0 saturated carbocycles. The Labute approximate surface area is 164 Å². The molecule has 29 heavy (non-hydrogen) atoms. The predicted octanol–water partition coefficient (Wildman–Crippen LogP) is 0.658. The van der Waals surface area contributed by atoms with E-state index in [0.29, 0.717) is 16.7 Å². The van der Waals surface area contributed by atoms with E-state index in [1.807, 2.05) is 12.1 Å². The molecule has 0 aliphatic rings. The second kappa shape index (κ2) is 7.08. The van der Waals surface area contributed by atoms with Gasteiger partial charge in [0.2, 0.25) is 5.91 Å². The fourth-order valence-electron chi connectivity index (χ4n) is 3.06. The van der Waals surface area contributed by atoms with Gasteiger partial charge in [0.15, 0.2) is 11.5 Å². The Kier molecular flexibility index (Phi) is 4.43. The van der Waals surface area contributed by atoms with Crippen molar-refractivity contribution in [3.05, 3.63) is 70.8 Å². The van der Waals surface area contributed by atoms with E-state index >= 15 is 0 Å². The van der Waals surface area contributed by atoms with Crippen LogP contribution in [0.3, 0.4) is 0 Å². The fraction of sp³-hybridized carbons (Fsp3) is 0.105. The number of aryl methyl sites for hydroxylation is 1. The summed E-state index contributed by atoms with van der Waals surface area (Å²) in [5, 5.41) is 10.7. The molecule has 0 bridgehead atoms. The smallest absolute Gasteiger partial charge is 0.329 e. The van der Waals surface area contributed by atoms with Crippen LogP contribution >= 0.6 is 0 Å². The third-order valence-corrected chi connectivity index (χ3v) is 4.45. The van der Waals surface area contributed by atoms with Crippen LogP contribution in [0.25, 0.3) is 16.7 Å². The van der Waals surface area contributed by atoms with Gasteiger partial charge in [-0.2, -0.15) is 0 Å². The summed E-state index contributed by atoms with van der Waals surface area (Å²) in [4.78, 5) is 38.0. The summed E-state index contributed by atoms with van der Waals surface area (Å²) in [5.41, 5.74) is 6.80. The van der Waals surface area contributed by atoms with Crippen LogP contribution in [0.2, 0.25) is 0 Å². The molecule has 0 aliphatic heterocycles. The van der Waals surface area contributed by atoms with Gasteiger partial charge in [0.25, 0.3) is 5.91 Å². The average Bonchev–Trinajstić information content (AvgIpc) is 3.24. The third kappa shape index (κ3) is 3.27. The number of carbonyl (C=O) groups is 2. The Morgan fingerprint density at radius 1 is 1.00 bits per heavy atom. The topological polar surface area (TPSA) is 130 Å². The molecule has 146 valence electrons. The maximum absolute atomic E-state index is 12.6. The summed E-state index contributed by atoms with van der Waals surface area (Å²) in [6.45, 7) is -0.253. The monoisotopic (exact) mass is 391 g/mol. The Morgan fingerprint density at radius 2 is 1.66 bits per heavy atom. The van der Waals surface area contributed by atoms with Crippen LogP contribution in [0.5, 0.6) is 0 Å². The van der Waals surface area contributed by atoms with E-state index in [-0.39, 0.29) is 23.7 Å². The molecule has 10 nitrogen and oxygen atoms in total. The minimum atomic E-state index is -0.829. The Balaban J connectivity index is 1.64. The number of anilines is 1. The summed E-state index contributed by atoms with van der Waals surface area (Å²) < 4.78 is 2.80. The summed E-state index contributed by atoms with van der Waals surface area (Å²) in [6.07, 6.45) is 0. The van der Waals surface area contributed by atoms with Gasteiger partial charge < -0.3 is 11.1 Å². The van der Waals surface area contributed by atoms with Gasteiger partial charge in [-0.15, -0.1) is 15.0 Å². The van der Waals surface area contributed by atoms with Gasteiger partial charge in [0, 0.05) is 7.05 Å². The maximum Gasteiger partial charge on any atom is 0.329 e. The second-order valence-electron chi connectivity index (χ2n) is 6.35. The zero-order chi connectivity index (χ0) is 20.5. The molecule has 2 aromatic carbocycles. The first-order valence-electron chi connectivity index (χ1n) is 8.72. The number of amides is 2. The molecule has 2 amide bonds. The summed E-state index contributed by atoms with van der Waals surface area (Å²) in [7, 11) is 1.63. The summed E-state index contributed by atoms with van der Waals surface area (Å²) >= 11 is 0. The highest BCUT2D eigenvalue weighted by Crippen LogP contribution is 2.14. The number of nitrogens with two attached hydrogens (primary N) is 1. The number of para-hydroxylation sites is 3. The normalized spacial score (nSPS) is 10.9. The predicted molar refractivity (Wildman–Crippen MR) is 106 cm³/mol. The van der Waals surface area contributed by atoms with Crippen molar-refractivity contribution in [3.8, 4) is 5.69 Å². The Morgan fingerprint density at radius 3 is 2.34 bits per heavy atom. The minimum Gasteiger partial charge on any atom is -0.364 e. The van der Waals surface area contributed by atoms with Crippen molar-refractivity contribution >= 4 is 28.7 Å². The van der Waals surface area contributed by atoms with Gasteiger partial charge in [0.1, 0.15) is 6.54 Å². The first kappa shape index (κ1) is 18.2. The Bertz CT molecular complexity index is 1280. The first-order chi connectivity index (χ1) is 14.0. The lowest BCUT2D eigenvalue weighted by Gasteiger charge is -2.04. The molecule has 4 rings (SSSR count). The maximum atomic E-state index is 12.6. The molecule has 0 radical (unpaired) electrons. The van der Waals surface area contributed by atoms with E-state index in [0.717, 1.165) is 0 Å². The standard InChI is InChI=1S/C19H17N7O3/c1-24-13-9-5-6-10-14(13)25(19(24)29)11-15(27)21-18-16(17(20)28)22-26(23-18)12-7-3-2-4-8-12/h2-10H,11H2,1H3,(H2,20,28)(H,21,23,27). The van der Waals surface area contributed by atoms with Gasteiger partial charge in [-0.25, -0.2) is 4.79 Å². The number of rotatable bonds is 5. The largest absolute Gasteiger partial charge is 0.364 e.